The van der Waals surface area contributed by atoms with Crippen molar-refractivity contribution in [3.05, 3.63) is 70.5 Å². The average molecular weight is 340 g/mol. The molecule has 2 aromatic carbocycles. The maximum absolute atomic E-state index is 12.6. The van der Waals surface area contributed by atoms with Gasteiger partial charge in [-0.15, -0.1) is 0 Å². The first-order valence-corrected chi connectivity index (χ1v) is 8.49. The van der Waals surface area contributed by atoms with Crippen LogP contribution in [-0.2, 0) is 21.6 Å². The first kappa shape index (κ1) is 15.4. The summed E-state index contributed by atoms with van der Waals surface area (Å²) in [5, 5.41) is 0.191. The van der Waals surface area contributed by atoms with Crippen LogP contribution in [0.2, 0.25) is 0 Å². The number of rotatable bonds is 3. The molecule has 0 spiro atoms. The maximum Gasteiger partial charge on any atom is 0.261 e. The zero-order valence-corrected chi connectivity index (χ0v) is 14.0. The number of hydrogen-bond acceptors (Lipinski definition) is 5. The third kappa shape index (κ3) is 2.53. The van der Waals surface area contributed by atoms with Crippen LogP contribution in [-0.4, -0.2) is 22.8 Å². The van der Waals surface area contributed by atoms with Gasteiger partial charge in [0, 0.05) is 12.6 Å². The monoisotopic (exact) mass is 340 g/mol. The van der Waals surface area contributed by atoms with Gasteiger partial charge in [-0.2, -0.15) is 0 Å². The summed E-state index contributed by atoms with van der Waals surface area (Å²) in [6, 6.07) is 17.1. The summed E-state index contributed by atoms with van der Waals surface area (Å²) in [6.07, 6.45) is 0. The Bertz CT molecular complexity index is 934. The van der Waals surface area contributed by atoms with Crippen molar-refractivity contribution < 1.29 is 9.47 Å². The van der Waals surface area contributed by atoms with Crippen LogP contribution in [0.1, 0.15) is 5.56 Å². The van der Waals surface area contributed by atoms with E-state index in [0.717, 1.165) is 5.56 Å². The Morgan fingerprint density at radius 3 is 2.46 bits per heavy atom. The van der Waals surface area contributed by atoms with Gasteiger partial charge in [-0.05, 0) is 23.9 Å². The highest BCUT2D eigenvalue weighted by Gasteiger charge is 2.41. The van der Waals surface area contributed by atoms with Crippen molar-refractivity contribution in [1.29, 1.82) is 0 Å². The Morgan fingerprint density at radius 2 is 1.71 bits per heavy atom. The van der Waals surface area contributed by atoms with Crippen molar-refractivity contribution in [2.75, 3.05) is 13.2 Å². The van der Waals surface area contributed by atoms with Crippen molar-refractivity contribution in [2.45, 2.75) is 10.3 Å². The predicted octanol–water partition coefficient (Wildman–Crippen LogP) is 2.88. The number of nitrogens with zero attached hydrogens (tertiary/aromatic N) is 2. The molecular formula is C18H16N2O3S. The minimum absolute atomic E-state index is 0.0793. The largest absolute Gasteiger partial charge is 0.335 e. The smallest absolute Gasteiger partial charge is 0.261 e. The lowest BCUT2D eigenvalue weighted by Gasteiger charge is -2.27. The van der Waals surface area contributed by atoms with E-state index in [1.807, 2.05) is 48.5 Å². The molecule has 0 amide bonds. The van der Waals surface area contributed by atoms with Crippen molar-refractivity contribution in [3.8, 4) is 0 Å². The van der Waals surface area contributed by atoms with Crippen LogP contribution < -0.4 is 5.56 Å². The van der Waals surface area contributed by atoms with Crippen LogP contribution in [0.25, 0.3) is 10.9 Å². The van der Waals surface area contributed by atoms with Crippen molar-refractivity contribution >= 4 is 22.7 Å². The molecule has 2 heterocycles. The molecule has 3 aromatic rings. The van der Waals surface area contributed by atoms with Crippen molar-refractivity contribution in [2.24, 2.45) is 7.05 Å². The normalized spacial score (nSPS) is 16.5. The molecule has 6 heteroatoms. The maximum atomic E-state index is 12.6. The third-order valence-corrected chi connectivity index (χ3v) is 5.25. The quantitative estimate of drug-likeness (QED) is 0.686. The van der Waals surface area contributed by atoms with Crippen molar-refractivity contribution in [1.82, 2.24) is 9.55 Å². The standard InChI is InChI=1S/C18H16N2O3S/c1-20-16(21)14-9-5-6-10-15(14)19-17(20)24-18(22-11-12-23-18)13-7-3-2-4-8-13/h2-10H,11-12H2,1H3. The molecule has 1 fully saturated rings. The molecule has 0 N–H and O–H groups in total. The summed E-state index contributed by atoms with van der Waals surface area (Å²) in [7, 11) is 1.72. The van der Waals surface area contributed by atoms with Crippen LogP contribution in [0.15, 0.2) is 64.5 Å². The Labute approximate surface area is 143 Å². The zero-order valence-electron chi connectivity index (χ0n) is 13.1. The number of thioether (sulfide) groups is 1. The second-order valence-electron chi connectivity index (χ2n) is 5.50. The van der Waals surface area contributed by atoms with Crippen molar-refractivity contribution in [3.63, 3.8) is 0 Å². The summed E-state index contributed by atoms with van der Waals surface area (Å²) >= 11 is 1.31. The van der Waals surface area contributed by atoms with E-state index in [9.17, 15) is 4.79 Å². The summed E-state index contributed by atoms with van der Waals surface area (Å²) < 4.78 is 13.4. The molecule has 1 saturated heterocycles. The minimum Gasteiger partial charge on any atom is -0.335 e. The lowest BCUT2D eigenvalue weighted by Crippen LogP contribution is -2.26. The van der Waals surface area contributed by atoms with Gasteiger partial charge in [0.25, 0.3) is 10.7 Å². The predicted molar refractivity (Wildman–Crippen MR) is 92.9 cm³/mol. The Morgan fingerprint density at radius 1 is 1.04 bits per heavy atom. The second kappa shape index (κ2) is 6.05. The zero-order chi connectivity index (χ0) is 16.6. The molecule has 0 radical (unpaired) electrons. The van der Waals surface area contributed by atoms with Gasteiger partial charge in [0.15, 0.2) is 5.16 Å². The molecular weight excluding hydrogens is 324 g/mol. The van der Waals surface area contributed by atoms with E-state index in [1.165, 1.54) is 11.8 Å². The first-order valence-electron chi connectivity index (χ1n) is 7.68. The van der Waals surface area contributed by atoms with Crippen LogP contribution in [0.4, 0.5) is 0 Å². The van der Waals surface area contributed by atoms with E-state index in [-0.39, 0.29) is 5.56 Å². The molecule has 0 saturated carbocycles. The summed E-state index contributed by atoms with van der Waals surface area (Å²) in [6.45, 7) is 1.01. The fraction of sp³-hybridized carbons (Fsp3) is 0.222. The van der Waals surface area contributed by atoms with Gasteiger partial charge >= 0.3 is 0 Å². The lowest BCUT2D eigenvalue weighted by molar-refractivity contribution is -0.0818. The van der Waals surface area contributed by atoms with Gasteiger partial charge in [0.2, 0.25) is 0 Å². The first-order chi connectivity index (χ1) is 11.7. The highest BCUT2D eigenvalue weighted by atomic mass is 32.2. The molecule has 0 atom stereocenters. The molecule has 122 valence electrons. The third-order valence-electron chi connectivity index (χ3n) is 3.96. The van der Waals surface area contributed by atoms with Gasteiger partial charge in [-0.3, -0.25) is 9.36 Å². The SMILES string of the molecule is Cn1c(SC2(c3ccccc3)OCCO2)nc2ccccc2c1=O. The molecule has 0 bridgehead atoms. The number of ether oxygens (including phenoxy) is 2. The van der Waals surface area contributed by atoms with Crippen LogP contribution in [0.5, 0.6) is 0 Å². The highest BCUT2D eigenvalue weighted by molar-refractivity contribution is 7.99. The Balaban J connectivity index is 1.83. The Hall–Kier alpha value is -2.15. The van der Waals surface area contributed by atoms with Gasteiger partial charge in [0.1, 0.15) is 0 Å². The topological polar surface area (TPSA) is 53.4 Å². The Kier molecular flexibility index (Phi) is 3.88. The van der Waals surface area contributed by atoms with Gasteiger partial charge in [-0.25, -0.2) is 4.98 Å². The fourth-order valence-electron chi connectivity index (χ4n) is 2.73. The average Bonchev–Trinajstić information content (AvgIpc) is 3.10. The molecule has 1 aromatic heterocycles. The summed E-state index contributed by atoms with van der Waals surface area (Å²) in [5.41, 5.74) is 1.49. The van der Waals surface area contributed by atoms with E-state index < -0.39 is 5.12 Å². The van der Waals surface area contributed by atoms with Gasteiger partial charge in [-0.1, -0.05) is 42.5 Å². The number of aromatic nitrogens is 2. The van der Waals surface area contributed by atoms with E-state index in [1.54, 1.807) is 17.7 Å². The number of benzene rings is 2. The van der Waals surface area contributed by atoms with E-state index in [4.69, 9.17) is 9.47 Å². The summed E-state index contributed by atoms with van der Waals surface area (Å²) in [4.78, 5) is 17.2. The minimum atomic E-state index is -0.971. The number of fused-ring (bicyclic) bond motifs is 1. The lowest BCUT2D eigenvalue weighted by atomic mass is 10.2. The molecule has 24 heavy (non-hydrogen) atoms. The van der Waals surface area contributed by atoms with Gasteiger partial charge < -0.3 is 9.47 Å². The molecule has 1 aliphatic rings. The van der Waals surface area contributed by atoms with Crippen LogP contribution in [0.3, 0.4) is 0 Å². The van der Waals surface area contributed by atoms with Crippen LogP contribution in [0, 0.1) is 0 Å². The molecule has 0 aliphatic carbocycles. The van der Waals surface area contributed by atoms with Gasteiger partial charge in [0.05, 0.1) is 24.1 Å². The van der Waals surface area contributed by atoms with E-state index >= 15 is 0 Å². The highest BCUT2D eigenvalue weighted by Crippen LogP contribution is 2.45. The molecule has 1 aliphatic heterocycles. The van der Waals surface area contributed by atoms with E-state index in [0.29, 0.717) is 29.3 Å². The van der Waals surface area contributed by atoms with Crippen LogP contribution >= 0.6 is 11.8 Å². The number of hydrogen-bond donors (Lipinski definition) is 0. The summed E-state index contributed by atoms with van der Waals surface area (Å²) in [5.74, 6) is 0. The number of para-hydroxylation sites is 1. The molecule has 4 rings (SSSR count). The van der Waals surface area contributed by atoms with E-state index in [2.05, 4.69) is 4.98 Å². The fourth-order valence-corrected chi connectivity index (χ4v) is 3.87. The molecule has 0 unspecified atom stereocenters. The second-order valence-corrected chi connectivity index (χ2v) is 6.60. The molecule has 5 nitrogen and oxygen atoms in total.